The zero-order valence-corrected chi connectivity index (χ0v) is 18.1. The molecule has 1 atom stereocenters. The second-order valence-electron chi connectivity index (χ2n) is 6.95. The molecule has 4 aromatic rings. The molecule has 5 rings (SSSR count). The molecule has 0 spiro atoms. The van der Waals surface area contributed by atoms with E-state index >= 15 is 0 Å². The SMILES string of the molecule is O=c1oc(C2CC(Br)=NN2c2ncccc2Cl)nc2cc3ccc(C(F)(F)F)nc3cc12. The van der Waals surface area contributed by atoms with Gasteiger partial charge in [0.25, 0.3) is 0 Å². The second-order valence-corrected chi connectivity index (χ2v) is 8.27. The van der Waals surface area contributed by atoms with Crippen molar-refractivity contribution in [2.24, 2.45) is 5.10 Å². The first kappa shape index (κ1) is 20.8. The highest BCUT2D eigenvalue weighted by Crippen LogP contribution is 2.38. The lowest BCUT2D eigenvalue weighted by Gasteiger charge is -2.21. The summed E-state index contributed by atoms with van der Waals surface area (Å²) in [6, 6.07) is 7.64. The fourth-order valence-corrected chi connectivity index (χ4v) is 4.10. The Kier molecular flexibility index (Phi) is 4.90. The minimum absolute atomic E-state index is 0.0167. The molecule has 0 fully saturated rings. The maximum Gasteiger partial charge on any atom is 0.433 e. The molecule has 0 radical (unpaired) electrons. The summed E-state index contributed by atoms with van der Waals surface area (Å²) in [5.74, 6) is 0.433. The van der Waals surface area contributed by atoms with Crippen LogP contribution in [0.1, 0.15) is 24.0 Å². The van der Waals surface area contributed by atoms with Crippen LogP contribution in [0, 0.1) is 0 Å². The lowest BCUT2D eigenvalue weighted by molar-refractivity contribution is -0.140. The summed E-state index contributed by atoms with van der Waals surface area (Å²) in [7, 11) is 0. The Bertz CT molecular complexity index is 1470. The van der Waals surface area contributed by atoms with Gasteiger partial charge in [-0.25, -0.2) is 24.8 Å². The largest absolute Gasteiger partial charge is 0.433 e. The maximum absolute atomic E-state index is 13.0. The van der Waals surface area contributed by atoms with Crippen LogP contribution in [-0.2, 0) is 6.18 Å². The summed E-state index contributed by atoms with van der Waals surface area (Å²) >= 11 is 9.60. The number of fused-ring (bicyclic) bond motifs is 2. The van der Waals surface area contributed by atoms with Crippen LogP contribution in [0.3, 0.4) is 0 Å². The van der Waals surface area contributed by atoms with Gasteiger partial charge in [0.15, 0.2) is 5.82 Å². The minimum Gasteiger partial charge on any atom is -0.405 e. The highest BCUT2D eigenvalue weighted by atomic mass is 79.9. The van der Waals surface area contributed by atoms with E-state index in [9.17, 15) is 18.0 Å². The first-order valence-corrected chi connectivity index (χ1v) is 10.3. The van der Waals surface area contributed by atoms with E-state index < -0.39 is 23.5 Å². The molecule has 1 aliphatic rings. The van der Waals surface area contributed by atoms with Crippen LogP contribution < -0.4 is 10.6 Å². The number of halogens is 5. The van der Waals surface area contributed by atoms with Crippen molar-refractivity contribution in [2.75, 3.05) is 5.01 Å². The number of anilines is 1. The summed E-state index contributed by atoms with van der Waals surface area (Å²) < 4.78 is 45.0. The van der Waals surface area contributed by atoms with E-state index in [1.54, 1.807) is 18.3 Å². The van der Waals surface area contributed by atoms with Gasteiger partial charge in [0.1, 0.15) is 16.4 Å². The molecule has 4 heterocycles. The van der Waals surface area contributed by atoms with E-state index in [2.05, 4.69) is 36.0 Å². The number of rotatable bonds is 2. The first-order chi connectivity index (χ1) is 15.2. The first-order valence-electron chi connectivity index (χ1n) is 9.16. The third-order valence-electron chi connectivity index (χ3n) is 4.86. The molecule has 1 unspecified atom stereocenters. The zero-order valence-electron chi connectivity index (χ0n) is 15.8. The van der Waals surface area contributed by atoms with Gasteiger partial charge >= 0.3 is 11.8 Å². The summed E-state index contributed by atoms with van der Waals surface area (Å²) in [6.07, 6.45) is -2.70. The van der Waals surface area contributed by atoms with Crippen LogP contribution in [0.15, 0.2) is 56.9 Å². The predicted molar refractivity (Wildman–Crippen MR) is 116 cm³/mol. The van der Waals surface area contributed by atoms with E-state index in [1.807, 2.05) is 0 Å². The Balaban J connectivity index is 1.63. The van der Waals surface area contributed by atoms with Crippen molar-refractivity contribution >= 4 is 59.8 Å². The lowest BCUT2D eigenvalue weighted by Crippen LogP contribution is -2.22. The quantitative estimate of drug-likeness (QED) is 0.324. The normalized spacial score (nSPS) is 16.7. The number of pyridine rings is 2. The molecule has 0 aliphatic carbocycles. The third kappa shape index (κ3) is 3.61. The fourth-order valence-electron chi connectivity index (χ4n) is 3.41. The smallest absolute Gasteiger partial charge is 0.405 e. The van der Waals surface area contributed by atoms with Crippen LogP contribution in [0.2, 0.25) is 5.02 Å². The number of hydrogen-bond acceptors (Lipinski definition) is 7. The van der Waals surface area contributed by atoms with Gasteiger partial charge in [-0.1, -0.05) is 17.7 Å². The van der Waals surface area contributed by atoms with Crippen molar-refractivity contribution in [3.63, 3.8) is 0 Å². The van der Waals surface area contributed by atoms with E-state index in [1.165, 1.54) is 23.2 Å². The summed E-state index contributed by atoms with van der Waals surface area (Å²) in [4.78, 5) is 25.0. The molecule has 162 valence electrons. The molecule has 0 saturated heterocycles. The third-order valence-corrected chi connectivity index (χ3v) is 5.64. The van der Waals surface area contributed by atoms with Gasteiger partial charge in [-0.2, -0.15) is 18.3 Å². The van der Waals surface area contributed by atoms with Crippen LogP contribution >= 0.6 is 27.5 Å². The Morgan fingerprint density at radius 3 is 2.72 bits per heavy atom. The number of hydrazone groups is 1. The van der Waals surface area contributed by atoms with Gasteiger partial charge in [0, 0.05) is 18.0 Å². The fraction of sp³-hybridized carbons (Fsp3) is 0.150. The molecular weight excluding hydrogens is 515 g/mol. The van der Waals surface area contributed by atoms with Gasteiger partial charge in [-0.15, -0.1) is 0 Å². The van der Waals surface area contributed by atoms with Crippen LogP contribution in [0.4, 0.5) is 19.0 Å². The van der Waals surface area contributed by atoms with Crippen LogP contribution in [0.25, 0.3) is 21.8 Å². The molecular formula is C20H10BrClF3N5O2. The Hall–Kier alpha value is -3.05. The molecule has 7 nitrogen and oxygen atoms in total. The van der Waals surface area contributed by atoms with E-state index in [0.29, 0.717) is 27.3 Å². The second kappa shape index (κ2) is 7.52. The van der Waals surface area contributed by atoms with E-state index in [0.717, 1.165) is 6.07 Å². The number of nitrogens with zero attached hydrogens (tertiary/aromatic N) is 5. The molecule has 0 amide bonds. The lowest BCUT2D eigenvalue weighted by atomic mass is 10.1. The van der Waals surface area contributed by atoms with Crippen molar-refractivity contribution < 1.29 is 17.6 Å². The number of aromatic nitrogens is 3. The monoisotopic (exact) mass is 523 g/mol. The van der Waals surface area contributed by atoms with Crippen LogP contribution in [-0.4, -0.2) is 19.6 Å². The van der Waals surface area contributed by atoms with Crippen LogP contribution in [0.5, 0.6) is 0 Å². The van der Waals surface area contributed by atoms with Gasteiger partial charge in [-0.3, -0.25) is 0 Å². The molecule has 0 saturated carbocycles. The van der Waals surface area contributed by atoms with Crippen molar-refractivity contribution in [3.05, 3.63) is 69.6 Å². The van der Waals surface area contributed by atoms with E-state index in [4.69, 9.17) is 16.0 Å². The summed E-state index contributed by atoms with van der Waals surface area (Å²) in [5, 5.41) is 6.65. The van der Waals surface area contributed by atoms with Crippen molar-refractivity contribution in [3.8, 4) is 0 Å². The average Bonchev–Trinajstić information content (AvgIpc) is 3.13. The summed E-state index contributed by atoms with van der Waals surface area (Å²) in [6.45, 7) is 0. The predicted octanol–water partition coefficient (Wildman–Crippen LogP) is 5.46. The van der Waals surface area contributed by atoms with Crippen molar-refractivity contribution in [1.29, 1.82) is 0 Å². The van der Waals surface area contributed by atoms with E-state index in [-0.39, 0.29) is 22.3 Å². The molecule has 1 aliphatic heterocycles. The Labute approximate surface area is 190 Å². The van der Waals surface area contributed by atoms with Gasteiger partial charge in [0.05, 0.1) is 21.4 Å². The molecule has 3 aromatic heterocycles. The minimum atomic E-state index is -4.60. The van der Waals surface area contributed by atoms with Gasteiger partial charge in [0.2, 0.25) is 5.89 Å². The number of hydrogen-bond donors (Lipinski definition) is 0. The van der Waals surface area contributed by atoms with Crippen molar-refractivity contribution in [1.82, 2.24) is 15.0 Å². The molecule has 0 N–H and O–H groups in total. The summed E-state index contributed by atoms with van der Waals surface area (Å²) in [5.41, 5.74) is -1.52. The Morgan fingerprint density at radius 2 is 1.97 bits per heavy atom. The highest BCUT2D eigenvalue weighted by molar-refractivity contribution is 9.18. The van der Waals surface area contributed by atoms with Gasteiger partial charge in [-0.05, 0) is 46.3 Å². The van der Waals surface area contributed by atoms with Gasteiger partial charge < -0.3 is 4.42 Å². The maximum atomic E-state index is 13.0. The molecule has 12 heteroatoms. The molecule has 32 heavy (non-hydrogen) atoms. The zero-order chi connectivity index (χ0) is 22.6. The number of alkyl halides is 3. The number of benzene rings is 1. The molecule has 0 bridgehead atoms. The highest BCUT2D eigenvalue weighted by Gasteiger charge is 2.34. The molecule has 1 aromatic carbocycles. The topological polar surface area (TPSA) is 84.5 Å². The van der Waals surface area contributed by atoms with Crippen molar-refractivity contribution in [2.45, 2.75) is 18.6 Å². The average molecular weight is 525 g/mol. The standard InChI is InChI=1S/C20H10BrClF3N5O2/c21-16-8-14(30(29-16)17-11(22)2-1-5-26-17)18-28-13-6-9-3-4-15(20(23,24)25)27-12(9)7-10(13)19(31)32-18/h1-7,14H,8H2. The Morgan fingerprint density at radius 1 is 1.16 bits per heavy atom.